The van der Waals surface area contributed by atoms with Crippen LogP contribution in [-0.2, 0) is 6.42 Å². The summed E-state index contributed by atoms with van der Waals surface area (Å²) in [6.07, 6.45) is 9.77. The summed E-state index contributed by atoms with van der Waals surface area (Å²) in [5.74, 6) is 0.928. The maximum absolute atomic E-state index is 4.41. The van der Waals surface area contributed by atoms with Crippen LogP contribution < -0.4 is 5.32 Å². The van der Waals surface area contributed by atoms with Crippen molar-refractivity contribution in [2.75, 3.05) is 11.9 Å². The van der Waals surface area contributed by atoms with Crippen LogP contribution in [0.15, 0.2) is 25.0 Å². The highest BCUT2D eigenvalue weighted by molar-refractivity contribution is 5.66. The van der Waals surface area contributed by atoms with Crippen LogP contribution in [0.25, 0.3) is 11.3 Å². The van der Waals surface area contributed by atoms with Crippen molar-refractivity contribution in [3.63, 3.8) is 0 Å². The van der Waals surface area contributed by atoms with E-state index in [0.717, 1.165) is 48.4 Å². The molecule has 2 aromatic heterocycles. The second-order valence-electron chi connectivity index (χ2n) is 4.35. The molecule has 0 saturated carbocycles. The van der Waals surface area contributed by atoms with Crippen LogP contribution >= 0.6 is 0 Å². The minimum atomic E-state index is 0.915. The molecule has 2 heterocycles. The van der Waals surface area contributed by atoms with Crippen LogP contribution in [0.3, 0.4) is 0 Å². The molecule has 0 bridgehead atoms. The Labute approximate surface area is 113 Å². The number of hydrogen-bond donors (Lipinski definition) is 1. The number of nitrogens with one attached hydrogen (secondary N) is 1. The number of hydrogen-bond acceptors (Lipinski definition) is 5. The van der Waals surface area contributed by atoms with Crippen LogP contribution in [0, 0.1) is 0 Å². The minimum absolute atomic E-state index is 0.915. The van der Waals surface area contributed by atoms with Crippen molar-refractivity contribution in [1.82, 2.24) is 19.9 Å². The van der Waals surface area contributed by atoms with Gasteiger partial charge in [-0.25, -0.2) is 19.9 Å². The van der Waals surface area contributed by atoms with Gasteiger partial charge in [-0.05, 0) is 12.8 Å². The molecule has 0 amide bonds. The average Bonchev–Trinajstić information content (AvgIpc) is 2.47. The molecule has 19 heavy (non-hydrogen) atoms. The van der Waals surface area contributed by atoms with Crippen molar-refractivity contribution in [1.29, 1.82) is 0 Å². The van der Waals surface area contributed by atoms with Gasteiger partial charge in [0.25, 0.3) is 0 Å². The summed E-state index contributed by atoms with van der Waals surface area (Å²) in [7, 11) is 0. The van der Waals surface area contributed by atoms with E-state index in [4.69, 9.17) is 0 Å². The van der Waals surface area contributed by atoms with Gasteiger partial charge < -0.3 is 5.32 Å². The third-order valence-corrected chi connectivity index (χ3v) is 2.82. The summed E-state index contributed by atoms with van der Waals surface area (Å²) < 4.78 is 0. The molecule has 0 aliphatic heterocycles. The fourth-order valence-corrected chi connectivity index (χ4v) is 1.97. The van der Waals surface area contributed by atoms with E-state index < -0.39 is 0 Å². The SMILES string of the molecule is CCCNc1ncnc(-c2cncnc2)c1CCC. The average molecular weight is 257 g/mol. The highest BCUT2D eigenvalue weighted by Gasteiger charge is 2.12. The lowest BCUT2D eigenvalue weighted by atomic mass is 10.0. The standard InChI is InChI=1S/C14H19N5/c1-3-5-12-13(11-7-15-9-16-8-11)18-10-19-14(12)17-6-4-2/h7-10H,3-6H2,1-2H3,(H,17,18,19). The van der Waals surface area contributed by atoms with Crippen molar-refractivity contribution in [2.45, 2.75) is 33.1 Å². The van der Waals surface area contributed by atoms with E-state index in [1.807, 2.05) is 0 Å². The molecule has 100 valence electrons. The number of nitrogens with zero attached hydrogens (tertiary/aromatic N) is 4. The van der Waals surface area contributed by atoms with Gasteiger partial charge in [-0.15, -0.1) is 0 Å². The fourth-order valence-electron chi connectivity index (χ4n) is 1.97. The highest BCUT2D eigenvalue weighted by atomic mass is 15.0. The zero-order valence-corrected chi connectivity index (χ0v) is 11.4. The summed E-state index contributed by atoms with van der Waals surface area (Å²) in [6, 6.07) is 0. The Hall–Kier alpha value is -2.04. The molecule has 0 spiro atoms. The molecule has 5 heteroatoms. The minimum Gasteiger partial charge on any atom is -0.370 e. The Morgan fingerprint density at radius 3 is 2.47 bits per heavy atom. The molecule has 0 aliphatic carbocycles. The maximum atomic E-state index is 4.41. The van der Waals surface area contributed by atoms with Gasteiger partial charge in [0.05, 0.1) is 5.69 Å². The molecule has 0 atom stereocenters. The molecule has 0 aromatic carbocycles. The van der Waals surface area contributed by atoms with Crippen molar-refractivity contribution in [3.8, 4) is 11.3 Å². The van der Waals surface area contributed by atoms with E-state index in [0.29, 0.717) is 0 Å². The molecule has 0 fully saturated rings. The van der Waals surface area contributed by atoms with Gasteiger partial charge in [-0.3, -0.25) is 0 Å². The van der Waals surface area contributed by atoms with E-state index >= 15 is 0 Å². The molecule has 2 aromatic rings. The fraction of sp³-hybridized carbons (Fsp3) is 0.429. The molecule has 5 nitrogen and oxygen atoms in total. The van der Waals surface area contributed by atoms with Crippen molar-refractivity contribution in [3.05, 3.63) is 30.6 Å². The molecule has 2 rings (SSSR count). The predicted octanol–water partition coefficient (Wildman–Crippen LogP) is 2.71. The van der Waals surface area contributed by atoms with Crippen LogP contribution in [0.1, 0.15) is 32.3 Å². The summed E-state index contributed by atoms with van der Waals surface area (Å²) in [6.45, 7) is 5.21. The number of anilines is 1. The first kappa shape index (κ1) is 13.4. The van der Waals surface area contributed by atoms with Crippen molar-refractivity contribution < 1.29 is 0 Å². The zero-order chi connectivity index (χ0) is 13.5. The second kappa shape index (κ2) is 6.78. The Kier molecular flexibility index (Phi) is 4.78. The molecule has 1 N–H and O–H groups in total. The summed E-state index contributed by atoms with van der Waals surface area (Å²) in [5, 5.41) is 3.37. The summed E-state index contributed by atoms with van der Waals surface area (Å²) in [5.41, 5.74) is 3.01. The lowest BCUT2D eigenvalue weighted by Gasteiger charge is -2.13. The number of aromatic nitrogens is 4. The van der Waals surface area contributed by atoms with Gasteiger partial charge in [-0.2, -0.15) is 0 Å². The molecule has 0 radical (unpaired) electrons. The van der Waals surface area contributed by atoms with E-state index in [1.165, 1.54) is 6.33 Å². The molecule has 0 saturated heterocycles. The van der Waals surface area contributed by atoms with E-state index in [9.17, 15) is 0 Å². The third kappa shape index (κ3) is 3.24. The van der Waals surface area contributed by atoms with Crippen LogP contribution in [0.4, 0.5) is 5.82 Å². The van der Waals surface area contributed by atoms with E-state index in [-0.39, 0.29) is 0 Å². The van der Waals surface area contributed by atoms with Crippen molar-refractivity contribution >= 4 is 5.82 Å². The lowest BCUT2D eigenvalue weighted by molar-refractivity contribution is 0.891. The monoisotopic (exact) mass is 257 g/mol. The second-order valence-corrected chi connectivity index (χ2v) is 4.35. The Bertz CT molecular complexity index is 512. The maximum Gasteiger partial charge on any atom is 0.133 e. The lowest BCUT2D eigenvalue weighted by Crippen LogP contribution is -2.08. The Morgan fingerprint density at radius 1 is 1.00 bits per heavy atom. The topological polar surface area (TPSA) is 63.6 Å². The first-order valence-corrected chi connectivity index (χ1v) is 6.70. The van der Waals surface area contributed by atoms with E-state index in [1.54, 1.807) is 18.7 Å². The first-order chi connectivity index (χ1) is 9.36. The van der Waals surface area contributed by atoms with E-state index in [2.05, 4.69) is 39.1 Å². The van der Waals surface area contributed by atoms with Gasteiger partial charge in [0.1, 0.15) is 18.5 Å². The van der Waals surface area contributed by atoms with Gasteiger partial charge >= 0.3 is 0 Å². The smallest absolute Gasteiger partial charge is 0.133 e. The van der Waals surface area contributed by atoms with Crippen LogP contribution in [0.2, 0.25) is 0 Å². The zero-order valence-electron chi connectivity index (χ0n) is 11.4. The predicted molar refractivity (Wildman–Crippen MR) is 75.8 cm³/mol. The van der Waals surface area contributed by atoms with Crippen LogP contribution in [0.5, 0.6) is 0 Å². The normalized spacial score (nSPS) is 10.4. The molecular weight excluding hydrogens is 238 g/mol. The molecule has 0 unspecified atom stereocenters. The highest BCUT2D eigenvalue weighted by Crippen LogP contribution is 2.25. The largest absolute Gasteiger partial charge is 0.370 e. The third-order valence-electron chi connectivity index (χ3n) is 2.82. The summed E-state index contributed by atoms with van der Waals surface area (Å²) in [4.78, 5) is 16.9. The Balaban J connectivity index is 2.42. The first-order valence-electron chi connectivity index (χ1n) is 6.70. The van der Waals surface area contributed by atoms with Crippen LogP contribution in [-0.4, -0.2) is 26.5 Å². The molecule has 0 aliphatic rings. The quantitative estimate of drug-likeness (QED) is 0.862. The van der Waals surface area contributed by atoms with Crippen molar-refractivity contribution in [2.24, 2.45) is 0 Å². The number of rotatable bonds is 6. The molecular formula is C14H19N5. The van der Waals surface area contributed by atoms with Gasteiger partial charge in [0, 0.05) is 30.1 Å². The Morgan fingerprint density at radius 2 is 1.79 bits per heavy atom. The van der Waals surface area contributed by atoms with Gasteiger partial charge in [0.2, 0.25) is 0 Å². The summed E-state index contributed by atoms with van der Waals surface area (Å²) >= 11 is 0. The van der Waals surface area contributed by atoms with Gasteiger partial charge in [0.15, 0.2) is 0 Å². The van der Waals surface area contributed by atoms with Gasteiger partial charge in [-0.1, -0.05) is 20.3 Å².